The van der Waals surface area contributed by atoms with Gasteiger partial charge in [-0.3, -0.25) is 4.90 Å². The Bertz CT molecular complexity index is 356. The summed E-state index contributed by atoms with van der Waals surface area (Å²) >= 11 is 0. The summed E-state index contributed by atoms with van der Waals surface area (Å²) in [5.74, 6) is -0.0436. The number of nitrogens with zero attached hydrogens (tertiary/aromatic N) is 1. The van der Waals surface area contributed by atoms with Gasteiger partial charge in [0, 0.05) is 12.0 Å². The zero-order valence-electron chi connectivity index (χ0n) is 11.4. The van der Waals surface area contributed by atoms with E-state index in [0.29, 0.717) is 0 Å². The third kappa shape index (κ3) is 1.90. The lowest BCUT2D eigenvalue weighted by molar-refractivity contribution is -0.149. The van der Waals surface area contributed by atoms with Crippen LogP contribution in [0.4, 0.5) is 0 Å². The van der Waals surface area contributed by atoms with E-state index in [9.17, 15) is 4.79 Å². The van der Waals surface area contributed by atoms with Crippen molar-refractivity contribution < 1.29 is 9.53 Å². The van der Waals surface area contributed by atoms with Crippen molar-refractivity contribution in [3.05, 3.63) is 12.2 Å². The molecule has 2 rings (SSSR count). The molecule has 17 heavy (non-hydrogen) atoms. The minimum absolute atomic E-state index is 0.0309. The van der Waals surface area contributed by atoms with Gasteiger partial charge in [-0.2, -0.15) is 0 Å². The largest absolute Gasteiger partial charge is 0.444 e. The Morgan fingerprint density at radius 1 is 1.59 bits per heavy atom. The number of carbonyl (C=O) groups excluding carboxylic acids is 1. The average molecular weight is 237 g/mol. The van der Waals surface area contributed by atoms with Crippen LogP contribution in [0.25, 0.3) is 0 Å². The van der Waals surface area contributed by atoms with Crippen LogP contribution in [-0.4, -0.2) is 29.2 Å². The third-order valence-corrected chi connectivity index (χ3v) is 3.76. The van der Waals surface area contributed by atoms with Gasteiger partial charge in [-0.1, -0.05) is 26.3 Å². The lowest BCUT2D eigenvalue weighted by Crippen LogP contribution is -2.49. The number of rotatable bonds is 2. The maximum absolute atomic E-state index is 12.3. The van der Waals surface area contributed by atoms with Crippen molar-refractivity contribution >= 4 is 5.97 Å². The molecule has 2 heterocycles. The third-order valence-electron chi connectivity index (χ3n) is 3.76. The first-order chi connectivity index (χ1) is 7.77. The van der Waals surface area contributed by atoms with E-state index in [-0.39, 0.29) is 17.6 Å². The van der Waals surface area contributed by atoms with Crippen LogP contribution in [0.2, 0.25) is 0 Å². The van der Waals surface area contributed by atoms with Gasteiger partial charge in [0.05, 0.1) is 0 Å². The highest BCUT2D eigenvalue weighted by Gasteiger charge is 2.59. The van der Waals surface area contributed by atoms with Gasteiger partial charge in [0.15, 0.2) is 6.23 Å². The molecule has 2 aliphatic heterocycles. The van der Waals surface area contributed by atoms with E-state index in [2.05, 4.69) is 32.3 Å². The minimum atomic E-state index is -0.413. The fourth-order valence-electron chi connectivity index (χ4n) is 3.14. The SMILES string of the molecule is C=C(C)C[C@]12CCCN1[C@H](C(C)(C)C)OC2=O. The average Bonchev–Trinajstić information content (AvgIpc) is 2.64. The van der Waals surface area contributed by atoms with Gasteiger partial charge in [-0.05, 0) is 26.2 Å². The molecule has 0 spiro atoms. The maximum atomic E-state index is 12.3. The van der Waals surface area contributed by atoms with Crippen LogP contribution in [0.15, 0.2) is 12.2 Å². The van der Waals surface area contributed by atoms with Crippen molar-refractivity contribution in [3.8, 4) is 0 Å². The van der Waals surface area contributed by atoms with Crippen molar-refractivity contribution in [2.24, 2.45) is 5.41 Å². The molecule has 0 aromatic heterocycles. The molecule has 3 heteroatoms. The molecule has 0 aromatic rings. The second kappa shape index (κ2) is 3.84. The molecule has 2 saturated heterocycles. The molecule has 0 bridgehead atoms. The van der Waals surface area contributed by atoms with Crippen LogP contribution in [0.5, 0.6) is 0 Å². The van der Waals surface area contributed by atoms with E-state index in [1.807, 2.05) is 6.92 Å². The van der Waals surface area contributed by atoms with E-state index in [1.165, 1.54) is 0 Å². The standard InChI is InChI=1S/C14H23NO2/c1-10(2)9-14-7-6-8-15(14)11(13(3,4)5)17-12(14)16/h11H,1,6-9H2,2-5H3/t11-,14-/m0/s1. The number of cyclic esters (lactones) is 1. The molecule has 0 saturated carbocycles. The topological polar surface area (TPSA) is 29.5 Å². The molecule has 0 unspecified atom stereocenters. The summed E-state index contributed by atoms with van der Waals surface area (Å²) < 4.78 is 5.64. The Kier molecular flexibility index (Phi) is 2.85. The second-order valence-electron chi connectivity index (χ2n) is 6.59. The molecule has 0 aliphatic carbocycles. The van der Waals surface area contributed by atoms with Gasteiger partial charge in [-0.25, -0.2) is 4.79 Å². The summed E-state index contributed by atoms with van der Waals surface area (Å²) in [4.78, 5) is 14.5. The van der Waals surface area contributed by atoms with Crippen LogP contribution >= 0.6 is 0 Å². The Balaban J connectivity index is 2.32. The highest BCUT2D eigenvalue weighted by Crippen LogP contribution is 2.46. The highest BCUT2D eigenvalue weighted by molar-refractivity contribution is 5.84. The van der Waals surface area contributed by atoms with Crippen molar-refractivity contribution in [3.63, 3.8) is 0 Å². The van der Waals surface area contributed by atoms with Crippen LogP contribution in [0, 0.1) is 5.41 Å². The number of esters is 1. The van der Waals surface area contributed by atoms with E-state index < -0.39 is 5.54 Å². The first-order valence-corrected chi connectivity index (χ1v) is 6.39. The smallest absolute Gasteiger partial charge is 0.328 e. The van der Waals surface area contributed by atoms with Gasteiger partial charge in [0.1, 0.15) is 5.54 Å². The lowest BCUT2D eigenvalue weighted by atomic mass is 9.88. The molecule has 2 aliphatic rings. The summed E-state index contributed by atoms with van der Waals surface area (Å²) in [7, 11) is 0. The van der Waals surface area contributed by atoms with E-state index in [0.717, 1.165) is 31.4 Å². The van der Waals surface area contributed by atoms with Crippen molar-refractivity contribution in [2.45, 2.75) is 58.7 Å². The van der Waals surface area contributed by atoms with E-state index in [4.69, 9.17) is 4.74 Å². The zero-order chi connectivity index (χ0) is 12.8. The lowest BCUT2D eigenvalue weighted by Gasteiger charge is -2.35. The highest BCUT2D eigenvalue weighted by atomic mass is 16.6. The van der Waals surface area contributed by atoms with Crippen LogP contribution < -0.4 is 0 Å². The van der Waals surface area contributed by atoms with E-state index in [1.54, 1.807) is 0 Å². The van der Waals surface area contributed by atoms with Crippen LogP contribution in [0.3, 0.4) is 0 Å². The molecular weight excluding hydrogens is 214 g/mol. The minimum Gasteiger partial charge on any atom is -0.444 e. The summed E-state index contributed by atoms with van der Waals surface area (Å²) in [6.45, 7) is 13.3. The molecule has 0 N–H and O–H groups in total. The van der Waals surface area contributed by atoms with Crippen molar-refractivity contribution in [1.82, 2.24) is 4.90 Å². The van der Waals surface area contributed by atoms with Gasteiger partial charge < -0.3 is 4.74 Å². The molecule has 0 amide bonds. The Morgan fingerprint density at radius 2 is 2.24 bits per heavy atom. The maximum Gasteiger partial charge on any atom is 0.328 e. The summed E-state index contributed by atoms with van der Waals surface area (Å²) in [5.41, 5.74) is 0.615. The first kappa shape index (κ1) is 12.6. The van der Waals surface area contributed by atoms with Crippen molar-refractivity contribution in [2.75, 3.05) is 6.54 Å². The molecule has 2 atom stereocenters. The van der Waals surface area contributed by atoms with Gasteiger partial charge in [-0.15, -0.1) is 6.58 Å². The van der Waals surface area contributed by atoms with Gasteiger partial charge in [0.2, 0.25) is 0 Å². The van der Waals surface area contributed by atoms with Gasteiger partial charge in [0.25, 0.3) is 0 Å². The summed E-state index contributed by atoms with van der Waals surface area (Å²) in [5, 5.41) is 0. The molecule has 96 valence electrons. The molecule has 0 aromatic carbocycles. The molecule has 2 fully saturated rings. The quantitative estimate of drug-likeness (QED) is 0.546. The van der Waals surface area contributed by atoms with Crippen molar-refractivity contribution in [1.29, 1.82) is 0 Å². The molecule has 0 radical (unpaired) electrons. The number of carbonyl (C=O) groups is 1. The fraction of sp³-hybridized carbons (Fsp3) is 0.786. The van der Waals surface area contributed by atoms with E-state index >= 15 is 0 Å². The Morgan fingerprint density at radius 3 is 2.76 bits per heavy atom. The summed E-state index contributed by atoms with van der Waals surface area (Å²) in [6.07, 6.45) is 2.63. The molecule has 3 nitrogen and oxygen atoms in total. The number of fused-ring (bicyclic) bond motifs is 1. The second-order valence-corrected chi connectivity index (χ2v) is 6.59. The first-order valence-electron chi connectivity index (χ1n) is 6.39. The van der Waals surface area contributed by atoms with Gasteiger partial charge >= 0.3 is 5.97 Å². The monoisotopic (exact) mass is 237 g/mol. The van der Waals surface area contributed by atoms with Crippen LogP contribution in [-0.2, 0) is 9.53 Å². The fourth-order valence-corrected chi connectivity index (χ4v) is 3.14. The Hall–Kier alpha value is -0.830. The molecular formula is C14H23NO2. The number of hydrogen-bond acceptors (Lipinski definition) is 3. The Labute approximate surface area is 104 Å². The number of ether oxygens (including phenoxy) is 1. The predicted molar refractivity (Wildman–Crippen MR) is 67.4 cm³/mol. The predicted octanol–water partition coefficient (Wildman–Crippen LogP) is 2.72. The number of hydrogen-bond donors (Lipinski definition) is 0. The zero-order valence-corrected chi connectivity index (χ0v) is 11.4. The van der Waals surface area contributed by atoms with Crippen LogP contribution in [0.1, 0.15) is 47.0 Å². The normalized spacial score (nSPS) is 33.6. The summed E-state index contributed by atoms with van der Waals surface area (Å²) in [6, 6.07) is 0.